The van der Waals surface area contributed by atoms with Crippen molar-refractivity contribution in [2.75, 3.05) is 0 Å². The van der Waals surface area contributed by atoms with Crippen LogP contribution in [-0.4, -0.2) is 20.7 Å². The van der Waals surface area contributed by atoms with Gasteiger partial charge < -0.3 is 0 Å². The minimum Gasteiger partial charge on any atom is -0.287 e. The number of unbranched alkanes of at least 4 members (excludes halogenated alkanes) is 22. The van der Waals surface area contributed by atoms with Crippen LogP contribution in [-0.2, 0) is 9.59 Å². The molecule has 0 spiro atoms. The number of carbonyl (C=O) groups is 2. The molecule has 2 nitrogen and oxygen atoms in total. The fraction of sp³-hybridized carbons (Fsp3) is 0.944. The normalized spacial score (nSPS) is 13.0. The summed E-state index contributed by atoms with van der Waals surface area (Å²) in [5.74, 6) is 0. The molecular weight excluding hydrogens is 529 g/mol. The van der Waals surface area contributed by atoms with Crippen molar-refractivity contribution in [2.24, 2.45) is 0 Å². The highest BCUT2D eigenvalue weighted by atomic mass is 32.2. The van der Waals surface area contributed by atoms with Crippen LogP contribution in [0.25, 0.3) is 0 Å². The van der Waals surface area contributed by atoms with Gasteiger partial charge in [-0.1, -0.05) is 205 Å². The summed E-state index contributed by atoms with van der Waals surface area (Å²) in [4.78, 5) is 24.7. The molecule has 0 aromatic rings. The molecule has 2 unspecified atom stereocenters. The maximum Gasteiger partial charge on any atom is 0.189 e. The lowest BCUT2D eigenvalue weighted by Gasteiger charge is -2.11. The van der Waals surface area contributed by atoms with E-state index < -0.39 is 0 Å². The second kappa shape index (κ2) is 32.0. The van der Waals surface area contributed by atoms with E-state index in [0.717, 1.165) is 12.8 Å². The van der Waals surface area contributed by atoms with Gasteiger partial charge in [-0.15, -0.1) is 0 Å². The van der Waals surface area contributed by atoms with E-state index in [1.165, 1.54) is 178 Å². The number of carbonyl (C=O) groups excluding carboxylic acids is 2. The van der Waals surface area contributed by atoms with Crippen molar-refractivity contribution in [3.8, 4) is 0 Å². The third-order valence-electron chi connectivity index (χ3n) is 8.13. The van der Waals surface area contributed by atoms with Crippen LogP contribution in [0.15, 0.2) is 0 Å². The molecule has 0 aliphatic heterocycles. The van der Waals surface area contributed by atoms with Gasteiger partial charge in [-0.05, 0) is 12.8 Å². The summed E-state index contributed by atoms with van der Waals surface area (Å²) in [6.07, 6.45) is 35.9. The van der Waals surface area contributed by atoms with Gasteiger partial charge in [0.2, 0.25) is 0 Å². The summed E-state index contributed by atoms with van der Waals surface area (Å²) >= 11 is 2.95. The number of rotatable bonds is 31. The molecule has 4 heteroatoms. The molecule has 0 aliphatic carbocycles. The van der Waals surface area contributed by atoms with Crippen LogP contribution in [0.1, 0.15) is 207 Å². The number of hydrogen-bond donors (Lipinski definition) is 0. The summed E-state index contributed by atoms with van der Waals surface area (Å²) in [5, 5.41) is 1.16. The van der Waals surface area contributed by atoms with Crippen molar-refractivity contribution >= 4 is 33.8 Å². The van der Waals surface area contributed by atoms with E-state index in [4.69, 9.17) is 0 Å². The predicted octanol–water partition coefficient (Wildman–Crippen LogP) is 13.2. The van der Waals surface area contributed by atoms with Gasteiger partial charge in [0.15, 0.2) is 10.2 Å². The Morgan fingerprint density at radius 2 is 0.625 bits per heavy atom. The molecule has 2 atom stereocenters. The Morgan fingerprint density at radius 1 is 0.400 bits per heavy atom. The van der Waals surface area contributed by atoms with Crippen molar-refractivity contribution in [1.82, 2.24) is 0 Å². The van der Waals surface area contributed by atoms with Crippen LogP contribution in [0.4, 0.5) is 0 Å². The Morgan fingerprint density at radius 3 is 0.875 bits per heavy atom. The van der Waals surface area contributed by atoms with Crippen LogP contribution in [0.3, 0.4) is 0 Å². The molecule has 0 aromatic heterocycles. The zero-order valence-electron chi connectivity index (χ0n) is 27.6. The molecule has 238 valence electrons. The summed E-state index contributed by atoms with van der Waals surface area (Å²) < 4.78 is 0. The van der Waals surface area contributed by atoms with Gasteiger partial charge in [0.25, 0.3) is 0 Å². The largest absolute Gasteiger partial charge is 0.287 e. The summed E-state index contributed by atoms with van der Waals surface area (Å²) in [7, 11) is 0. The Kier molecular flexibility index (Phi) is 32.0. The topological polar surface area (TPSA) is 34.1 Å². The minimum atomic E-state index is 0.203. The molecule has 0 heterocycles. The average molecular weight is 599 g/mol. The molecule has 0 saturated heterocycles. The molecule has 0 rings (SSSR count). The number of hydrogen-bond acceptors (Lipinski definition) is 4. The highest BCUT2D eigenvalue weighted by Crippen LogP contribution is 2.24. The highest BCUT2D eigenvalue weighted by molar-refractivity contribution is 8.14. The van der Waals surface area contributed by atoms with E-state index in [-0.39, 0.29) is 10.2 Å². The third-order valence-corrected chi connectivity index (χ3v) is 10.3. The maximum atomic E-state index is 12.4. The molecule has 0 saturated carbocycles. The Balaban J connectivity index is 3.53. The second-order valence-electron chi connectivity index (χ2n) is 12.5. The molecule has 0 amide bonds. The van der Waals surface area contributed by atoms with Crippen LogP contribution in [0, 0.1) is 0 Å². The van der Waals surface area contributed by atoms with Crippen LogP contribution in [0.5, 0.6) is 0 Å². The molecule has 0 N–H and O–H groups in total. The first-order valence-electron chi connectivity index (χ1n) is 17.9. The zero-order valence-corrected chi connectivity index (χ0v) is 29.2. The average Bonchev–Trinajstić information content (AvgIpc) is 2.93. The van der Waals surface area contributed by atoms with Gasteiger partial charge >= 0.3 is 0 Å². The van der Waals surface area contributed by atoms with E-state index in [1.807, 2.05) is 0 Å². The first kappa shape index (κ1) is 40.0. The maximum absolute atomic E-state index is 12.4. The van der Waals surface area contributed by atoms with Crippen LogP contribution >= 0.6 is 23.5 Å². The monoisotopic (exact) mass is 598 g/mol. The van der Waals surface area contributed by atoms with Gasteiger partial charge in [0.1, 0.15) is 0 Å². The van der Waals surface area contributed by atoms with E-state index in [9.17, 15) is 9.59 Å². The van der Waals surface area contributed by atoms with Crippen molar-refractivity contribution in [3.05, 3.63) is 0 Å². The van der Waals surface area contributed by atoms with E-state index >= 15 is 0 Å². The van der Waals surface area contributed by atoms with Crippen molar-refractivity contribution in [1.29, 1.82) is 0 Å². The Bertz CT molecular complexity index is 503. The SMILES string of the molecule is CCCCCCCCCCCCCCC(C)SC(=O)CCC(=O)SC(C)CCCCCCCCCCCCCC. The lowest BCUT2D eigenvalue weighted by molar-refractivity contribution is -0.115. The predicted molar refractivity (Wildman–Crippen MR) is 185 cm³/mol. The molecule has 0 bridgehead atoms. The highest BCUT2D eigenvalue weighted by Gasteiger charge is 2.14. The van der Waals surface area contributed by atoms with Crippen molar-refractivity contribution in [2.45, 2.75) is 218 Å². The molecule has 40 heavy (non-hydrogen) atoms. The lowest BCUT2D eigenvalue weighted by Crippen LogP contribution is -2.07. The van der Waals surface area contributed by atoms with Crippen LogP contribution in [0.2, 0.25) is 0 Å². The van der Waals surface area contributed by atoms with Gasteiger partial charge in [-0.3, -0.25) is 9.59 Å². The summed E-state index contributed by atoms with van der Waals surface area (Å²) in [6.45, 7) is 8.91. The van der Waals surface area contributed by atoms with Crippen molar-refractivity contribution in [3.63, 3.8) is 0 Å². The lowest BCUT2D eigenvalue weighted by atomic mass is 10.0. The Labute approximate surface area is 260 Å². The van der Waals surface area contributed by atoms with Gasteiger partial charge in [0.05, 0.1) is 0 Å². The molecule has 0 radical (unpaired) electrons. The first-order chi connectivity index (χ1) is 19.5. The van der Waals surface area contributed by atoms with E-state index in [1.54, 1.807) is 0 Å². The molecular formula is C36H70O2S2. The quantitative estimate of drug-likeness (QED) is 0.0743. The smallest absolute Gasteiger partial charge is 0.189 e. The molecule has 0 fully saturated rings. The van der Waals surface area contributed by atoms with Gasteiger partial charge in [-0.2, -0.15) is 0 Å². The molecule has 0 aliphatic rings. The minimum absolute atomic E-state index is 0.203. The summed E-state index contributed by atoms with van der Waals surface area (Å²) in [5.41, 5.74) is 0. The van der Waals surface area contributed by atoms with E-state index in [2.05, 4.69) is 27.7 Å². The second-order valence-corrected chi connectivity index (χ2v) is 15.4. The van der Waals surface area contributed by atoms with Gasteiger partial charge in [0, 0.05) is 23.3 Å². The first-order valence-corrected chi connectivity index (χ1v) is 19.6. The van der Waals surface area contributed by atoms with Gasteiger partial charge in [-0.25, -0.2) is 0 Å². The fourth-order valence-corrected chi connectivity index (χ4v) is 7.34. The number of thioether (sulfide) groups is 2. The molecule has 0 aromatic carbocycles. The standard InChI is InChI=1S/C36H70O2S2/c1-5-7-9-11-13-15-17-19-21-23-25-27-29-33(3)39-35(37)31-32-36(38)40-34(4)30-28-26-24-22-20-18-16-14-12-10-8-6-2/h33-34H,5-32H2,1-4H3. The van der Waals surface area contributed by atoms with E-state index in [0.29, 0.717) is 23.3 Å². The Hall–Kier alpha value is 0.0400. The summed E-state index contributed by atoms with van der Waals surface area (Å²) in [6, 6.07) is 0. The fourth-order valence-electron chi connectivity index (χ4n) is 5.43. The third kappa shape index (κ3) is 31.0. The van der Waals surface area contributed by atoms with Crippen molar-refractivity contribution < 1.29 is 9.59 Å². The zero-order chi connectivity index (χ0) is 29.5. The van der Waals surface area contributed by atoms with Crippen LogP contribution < -0.4 is 0 Å².